The zero-order valence-corrected chi connectivity index (χ0v) is 16.6. The van der Waals surface area contributed by atoms with Gasteiger partial charge in [-0.1, -0.05) is 12.1 Å². The number of aromatic carboxylic acids is 1. The van der Waals surface area contributed by atoms with Gasteiger partial charge in [0.25, 0.3) is 0 Å². The van der Waals surface area contributed by atoms with Crippen LogP contribution in [0.5, 0.6) is 5.75 Å². The first-order valence-corrected chi connectivity index (χ1v) is 10.1. The normalized spacial score (nSPS) is 11.2. The number of nitrogens with one attached hydrogen (secondary N) is 2. The van der Waals surface area contributed by atoms with Crippen molar-refractivity contribution in [1.29, 1.82) is 0 Å². The largest absolute Gasteiger partial charge is 0.497 e. The fraction of sp³-hybridized carbons (Fsp3) is 0.316. The Balaban J connectivity index is 2.14. The maximum atomic E-state index is 12.8. The van der Waals surface area contributed by atoms with Gasteiger partial charge in [0, 0.05) is 20.2 Å². The van der Waals surface area contributed by atoms with E-state index in [-0.39, 0.29) is 17.0 Å². The fourth-order valence-electron chi connectivity index (χ4n) is 2.51. The molecular weight excluding hydrogens is 384 g/mol. The van der Waals surface area contributed by atoms with E-state index in [0.717, 1.165) is 17.4 Å². The van der Waals surface area contributed by atoms with Crippen molar-refractivity contribution in [3.63, 3.8) is 0 Å². The Hall–Kier alpha value is -2.62. The monoisotopic (exact) mass is 408 g/mol. The van der Waals surface area contributed by atoms with Gasteiger partial charge in [0.2, 0.25) is 10.0 Å². The van der Waals surface area contributed by atoms with Crippen LogP contribution in [0.15, 0.2) is 47.4 Å². The first kappa shape index (κ1) is 21.7. The molecule has 2 aromatic carbocycles. The van der Waals surface area contributed by atoms with Gasteiger partial charge in [-0.05, 0) is 42.3 Å². The van der Waals surface area contributed by atoms with Gasteiger partial charge in [0.15, 0.2) is 0 Å². The average Bonchev–Trinajstić information content (AvgIpc) is 2.68. The third kappa shape index (κ3) is 5.95. The fourth-order valence-corrected chi connectivity index (χ4v) is 3.75. The molecule has 0 aliphatic rings. The number of methoxy groups -OCH3 is 2. The zero-order chi connectivity index (χ0) is 20.6. The molecule has 0 amide bonds. The molecule has 0 radical (unpaired) electrons. The van der Waals surface area contributed by atoms with Crippen LogP contribution in [0, 0.1) is 0 Å². The Morgan fingerprint density at radius 2 is 1.79 bits per heavy atom. The number of hydrogen-bond acceptors (Lipinski definition) is 6. The molecule has 152 valence electrons. The van der Waals surface area contributed by atoms with E-state index in [4.69, 9.17) is 9.47 Å². The molecule has 0 saturated carbocycles. The number of anilines is 1. The molecule has 0 aromatic heterocycles. The van der Waals surface area contributed by atoms with Crippen molar-refractivity contribution in [3.05, 3.63) is 53.6 Å². The van der Waals surface area contributed by atoms with Crippen LogP contribution in [0.1, 0.15) is 15.9 Å². The van der Waals surface area contributed by atoms with Crippen LogP contribution < -0.4 is 14.8 Å². The van der Waals surface area contributed by atoms with Crippen molar-refractivity contribution in [2.45, 2.75) is 11.3 Å². The van der Waals surface area contributed by atoms with Gasteiger partial charge in [0.05, 0.1) is 25.0 Å². The molecule has 0 atom stereocenters. The Labute approximate surface area is 164 Å². The second kappa shape index (κ2) is 10.1. The van der Waals surface area contributed by atoms with Crippen molar-refractivity contribution in [2.75, 3.05) is 39.2 Å². The van der Waals surface area contributed by atoms with E-state index >= 15 is 0 Å². The van der Waals surface area contributed by atoms with Crippen molar-refractivity contribution in [2.24, 2.45) is 0 Å². The molecule has 0 aliphatic carbocycles. The summed E-state index contributed by atoms with van der Waals surface area (Å²) in [7, 11) is -0.797. The third-order valence-corrected chi connectivity index (χ3v) is 5.51. The van der Waals surface area contributed by atoms with E-state index in [1.165, 1.54) is 19.2 Å². The predicted octanol–water partition coefficient (Wildman–Crippen LogP) is 1.97. The molecule has 2 rings (SSSR count). The highest BCUT2D eigenvalue weighted by Crippen LogP contribution is 2.23. The van der Waals surface area contributed by atoms with E-state index in [2.05, 4.69) is 10.0 Å². The van der Waals surface area contributed by atoms with Gasteiger partial charge in [-0.2, -0.15) is 0 Å². The number of carboxylic acids is 1. The summed E-state index contributed by atoms with van der Waals surface area (Å²) in [4.78, 5) is 11.1. The molecule has 0 fully saturated rings. The molecule has 0 bridgehead atoms. The quantitative estimate of drug-likeness (QED) is 0.487. The lowest BCUT2D eigenvalue weighted by atomic mass is 10.1. The molecule has 0 aliphatic heterocycles. The van der Waals surface area contributed by atoms with E-state index in [0.29, 0.717) is 25.3 Å². The molecule has 28 heavy (non-hydrogen) atoms. The predicted molar refractivity (Wildman–Crippen MR) is 106 cm³/mol. The lowest BCUT2D eigenvalue weighted by Gasteiger charge is -2.14. The summed E-state index contributed by atoms with van der Waals surface area (Å²) in [6.07, 6.45) is 0.480. The molecule has 8 nitrogen and oxygen atoms in total. The van der Waals surface area contributed by atoms with Crippen LogP contribution in [0.4, 0.5) is 5.69 Å². The maximum Gasteiger partial charge on any atom is 0.335 e. The van der Waals surface area contributed by atoms with E-state index in [1.54, 1.807) is 19.2 Å². The lowest BCUT2D eigenvalue weighted by molar-refractivity contribution is 0.0696. The first-order valence-electron chi connectivity index (χ1n) is 8.60. The molecular formula is C19H24N2O6S. The lowest BCUT2D eigenvalue weighted by Crippen LogP contribution is -2.27. The number of carbonyl (C=O) groups is 1. The standard InChI is InChI=1S/C19H24N2O6S/c1-26-12-11-20-17-8-5-15(19(22)23)13-18(17)28(24,25)21-10-9-14-3-6-16(27-2)7-4-14/h3-8,13,20-21H,9-12H2,1-2H3,(H,22,23). The number of carboxylic acid groups (broad SMARTS) is 1. The Kier molecular flexibility index (Phi) is 7.80. The van der Waals surface area contributed by atoms with E-state index in [9.17, 15) is 18.3 Å². The highest BCUT2D eigenvalue weighted by molar-refractivity contribution is 7.89. The first-order chi connectivity index (χ1) is 13.4. The second-order valence-electron chi connectivity index (χ2n) is 5.93. The van der Waals surface area contributed by atoms with E-state index in [1.807, 2.05) is 12.1 Å². The van der Waals surface area contributed by atoms with Gasteiger partial charge in [-0.25, -0.2) is 17.9 Å². The van der Waals surface area contributed by atoms with Crippen molar-refractivity contribution in [3.8, 4) is 5.75 Å². The highest BCUT2D eigenvalue weighted by Gasteiger charge is 2.20. The van der Waals surface area contributed by atoms with Crippen molar-refractivity contribution < 1.29 is 27.8 Å². The summed E-state index contributed by atoms with van der Waals surface area (Å²) in [5.41, 5.74) is 1.16. The minimum Gasteiger partial charge on any atom is -0.497 e. The minimum atomic E-state index is -3.91. The van der Waals surface area contributed by atoms with Gasteiger partial charge in [0.1, 0.15) is 10.6 Å². The Morgan fingerprint density at radius 3 is 2.39 bits per heavy atom. The molecule has 0 saturated heterocycles. The second-order valence-corrected chi connectivity index (χ2v) is 7.67. The summed E-state index contributed by atoms with van der Waals surface area (Å²) in [6, 6.07) is 11.3. The van der Waals surface area contributed by atoms with Crippen LogP contribution in [0.2, 0.25) is 0 Å². The van der Waals surface area contributed by atoms with Gasteiger partial charge in [-0.3, -0.25) is 0 Å². The van der Waals surface area contributed by atoms with Gasteiger partial charge >= 0.3 is 5.97 Å². The third-order valence-electron chi connectivity index (χ3n) is 4.00. The summed E-state index contributed by atoms with van der Waals surface area (Å²) in [5, 5.41) is 12.1. The van der Waals surface area contributed by atoms with Gasteiger partial charge in [-0.15, -0.1) is 0 Å². The summed E-state index contributed by atoms with van der Waals surface area (Å²) in [5.74, 6) is -0.472. The molecule has 2 aromatic rings. The number of ether oxygens (including phenoxy) is 2. The Morgan fingerprint density at radius 1 is 1.07 bits per heavy atom. The van der Waals surface area contributed by atoms with Crippen LogP contribution in [0.3, 0.4) is 0 Å². The minimum absolute atomic E-state index is 0.104. The van der Waals surface area contributed by atoms with Crippen LogP contribution in [-0.2, 0) is 21.2 Å². The Bertz CT molecular complexity index is 897. The van der Waals surface area contributed by atoms with Crippen LogP contribution in [-0.4, -0.2) is 53.4 Å². The van der Waals surface area contributed by atoms with Gasteiger partial charge < -0.3 is 19.9 Å². The highest BCUT2D eigenvalue weighted by atomic mass is 32.2. The summed E-state index contributed by atoms with van der Waals surface area (Å²) >= 11 is 0. The molecule has 9 heteroatoms. The SMILES string of the molecule is COCCNc1ccc(C(=O)O)cc1S(=O)(=O)NCCc1ccc(OC)cc1. The van der Waals surface area contributed by atoms with Crippen molar-refractivity contribution >= 4 is 21.7 Å². The maximum absolute atomic E-state index is 12.8. The zero-order valence-electron chi connectivity index (χ0n) is 15.8. The van der Waals surface area contributed by atoms with Crippen molar-refractivity contribution in [1.82, 2.24) is 4.72 Å². The smallest absolute Gasteiger partial charge is 0.335 e. The number of rotatable bonds is 11. The molecule has 0 unspecified atom stereocenters. The molecule has 0 heterocycles. The molecule has 0 spiro atoms. The number of sulfonamides is 1. The topological polar surface area (TPSA) is 114 Å². The van der Waals surface area contributed by atoms with E-state index < -0.39 is 16.0 Å². The summed E-state index contributed by atoms with van der Waals surface area (Å²) in [6.45, 7) is 0.936. The summed E-state index contributed by atoms with van der Waals surface area (Å²) < 4.78 is 38.1. The molecule has 3 N–H and O–H groups in total. The van der Waals surface area contributed by atoms with Crippen LogP contribution in [0.25, 0.3) is 0 Å². The van der Waals surface area contributed by atoms with Crippen LogP contribution >= 0.6 is 0 Å². The number of benzene rings is 2. The average molecular weight is 408 g/mol. The number of hydrogen-bond donors (Lipinski definition) is 3.